The van der Waals surface area contributed by atoms with Gasteiger partial charge in [0.25, 0.3) is 0 Å². The molecule has 0 aliphatic carbocycles. The van der Waals surface area contributed by atoms with Gasteiger partial charge in [0.15, 0.2) is 6.10 Å². The number of aliphatic hydroxyl groups is 2. The smallest absolute Gasteiger partial charge is 0.462 e. The van der Waals surface area contributed by atoms with Gasteiger partial charge in [-0.2, -0.15) is 0 Å². The summed E-state index contributed by atoms with van der Waals surface area (Å²) in [5.41, 5.74) is 5.32. The molecule has 12 heteroatoms. The van der Waals surface area contributed by atoms with Crippen molar-refractivity contribution < 1.29 is 47.8 Å². The first kappa shape index (κ1) is 50.9. The van der Waals surface area contributed by atoms with Gasteiger partial charge in [-0.25, -0.2) is 4.57 Å². The largest absolute Gasteiger partial charge is 0.472 e. The number of carbonyl (C=O) groups is 2. The van der Waals surface area contributed by atoms with E-state index in [-0.39, 0.29) is 32.6 Å². The highest BCUT2D eigenvalue weighted by molar-refractivity contribution is 7.47. The molecule has 0 saturated carbocycles. The van der Waals surface area contributed by atoms with Crippen molar-refractivity contribution in [3.8, 4) is 0 Å². The Balaban J connectivity index is 4.39. The molecule has 1 unspecified atom stereocenters. The third-order valence-corrected chi connectivity index (χ3v) is 9.37. The third-order valence-electron chi connectivity index (χ3n) is 8.39. The maximum absolute atomic E-state index is 12.5. The number of ether oxygens (including phenoxy) is 2. The van der Waals surface area contributed by atoms with Crippen LogP contribution in [-0.2, 0) is 32.7 Å². The van der Waals surface area contributed by atoms with Crippen molar-refractivity contribution in [1.29, 1.82) is 0 Å². The van der Waals surface area contributed by atoms with Crippen molar-refractivity contribution >= 4 is 19.8 Å². The van der Waals surface area contributed by atoms with Crippen LogP contribution >= 0.6 is 7.82 Å². The lowest BCUT2D eigenvalue weighted by Crippen LogP contribution is -2.29. The number of phosphoric acid groups is 1. The predicted octanol–water partition coefficient (Wildman–Crippen LogP) is 9.10. The van der Waals surface area contributed by atoms with Gasteiger partial charge in [0.1, 0.15) is 6.61 Å². The first-order valence-corrected chi connectivity index (χ1v) is 21.8. The maximum Gasteiger partial charge on any atom is 0.472 e. The van der Waals surface area contributed by atoms with Crippen LogP contribution in [0.15, 0.2) is 48.6 Å². The number of esters is 2. The zero-order chi connectivity index (χ0) is 39.3. The molecule has 0 aromatic rings. The molecule has 0 radical (unpaired) electrons. The van der Waals surface area contributed by atoms with Crippen molar-refractivity contribution in [2.75, 3.05) is 26.4 Å². The van der Waals surface area contributed by atoms with E-state index in [2.05, 4.69) is 56.4 Å². The monoisotopic (exact) mass is 772 g/mol. The Morgan fingerprint density at radius 3 is 1.79 bits per heavy atom. The van der Waals surface area contributed by atoms with Crippen LogP contribution in [0.2, 0.25) is 0 Å². The lowest BCUT2D eigenvalue weighted by atomic mass is 10.0. The normalized spacial score (nSPS) is 15.1. The van der Waals surface area contributed by atoms with E-state index in [1.165, 1.54) is 32.1 Å². The number of nitrogens with two attached hydrogens (primary N) is 1. The zero-order valence-electron chi connectivity index (χ0n) is 33.0. The molecular weight excluding hydrogens is 697 g/mol. The Morgan fingerprint density at radius 1 is 0.642 bits per heavy atom. The number of phosphoric ester groups is 1. The number of allylic oxidation sites excluding steroid dienone is 7. The second-order valence-electron chi connectivity index (χ2n) is 13.5. The highest BCUT2D eigenvalue weighted by Crippen LogP contribution is 2.43. The highest BCUT2D eigenvalue weighted by atomic mass is 31.2. The van der Waals surface area contributed by atoms with Gasteiger partial charge in [0, 0.05) is 19.4 Å². The Kier molecular flexibility index (Phi) is 35.4. The van der Waals surface area contributed by atoms with E-state index in [1.807, 2.05) is 6.08 Å². The van der Waals surface area contributed by atoms with Gasteiger partial charge in [-0.3, -0.25) is 18.6 Å². The maximum atomic E-state index is 12.5. The first-order valence-electron chi connectivity index (χ1n) is 20.3. The highest BCUT2D eigenvalue weighted by Gasteiger charge is 2.26. The second kappa shape index (κ2) is 36.8. The summed E-state index contributed by atoms with van der Waals surface area (Å²) in [5, 5.41) is 20.4. The molecule has 0 heterocycles. The van der Waals surface area contributed by atoms with Gasteiger partial charge < -0.3 is 30.3 Å². The van der Waals surface area contributed by atoms with Gasteiger partial charge in [-0.05, 0) is 77.0 Å². The fraction of sp³-hybridized carbons (Fsp3) is 0.756. The average molecular weight is 772 g/mol. The molecule has 0 fully saturated rings. The van der Waals surface area contributed by atoms with Crippen molar-refractivity contribution in [3.63, 3.8) is 0 Å². The second-order valence-corrected chi connectivity index (χ2v) is 14.9. The molecule has 4 atom stereocenters. The fourth-order valence-electron chi connectivity index (χ4n) is 5.19. The van der Waals surface area contributed by atoms with Crippen molar-refractivity contribution in [3.05, 3.63) is 48.6 Å². The topological polar surface area (TPSA) is 175 Å². The molecule has 0 bridgehead atoms. The number of hydrogen-bond acceptors (Lipinski definition) is 10. The molecule has 0 aliphatic heterocycles. The van der Waals surface area contributed by atoms with Crippen LogP contribution < -0.4 is 5.73 Å². The van der Waals surface area contributed by atoms with Gasteiger partial charge >= 0.3 is 19.8 Å². The van der Waals surface area contributed by atoms with Crippen LogP contribution in [0.4, 0.5) is 0 Å². The molecule has 0 aromatic carbocycles. The quantitative estimate of drug-likeness (QED) is 0.0205. The number of rotatable bonds is 37. The predicted molar refractivity (Wildman–Crippen MR) is 213 cm³/mol. The molecule has 11 nitrogen and oxygen atoms in total. The van der Waals surface area contributed by atoms with Crippen molar-refractivity contribution in [2.45, 2.75) is 173 Å². The Hall–Kier alpha value is -2.11. The number of aliphatic hydroxyl groups excluding tert-OH is 2. The minimum atomic E-state index is -4.42. The van der Waals surface area contributed by atoms with E-state index >= 15 is 0 Å². The summed E-state index contributed by atoms with van der Waals surface area (Å²) in [6, 6.07) is 0. The summed E-state index contributed by atoms with van der Waals surface area (Å²) >= 11 is 0. The van der Waals surface area contributed by atoms with E-state index in [4.69, 9.17) is 24.3 Å². The van der Waals surface area contributed by atoms with E-state index in [0.29, 0.717) is 25.7 Å². The molecule has 0 rings (SSSR count). The van der Waals surface area contributed by atoms with Crippen molar-refractivity contribution in [2.24, 2.45) is 5.73 Å². The van der Waals surface area contributed by atoms with E-state index in [9.17, 15) is 29.3 Å². The van der Waals surface area contributed by atoms with E-state index in [0.717, 1.165) is 70.6 Å². The number of unbranched alkanes of at least 4 members (excludes halogenated alkanes) is 12. The lowest BCUT2D eigenvalue weighted by Gasteiger charge is -2.19. The molecule has 53 heavy (non-hydrogen) atoms. The van der Waals surface area contributed by atoms with Gasteiger partial charge in [-0.1, -0.05) is 114 Å². The van der Waals surface area contributed by atoms with Gasteiger partial charge in [0.05, 0.1) is 25.4 Å². The van der Waals surface area contributed by atoms with Crippen LogP contribution in [0.3, 0.4) is 0 Å². The standard InChI is InChI=1S/C41H74NO10P/c1-3-5-7-9-11-12-13-14-15-16-17-18-19-23-28-32-41(46)52-37(36-51-53(47,48)50-34-33-42)35-49-40(45)31-27-24-20-22-26-30-39(44)38(43)29-25-21-10-8-6-4-2/h11-12,14-15,17-18,21,25,37-39,43-44H,3-10,13,16,19-20,22-24,26-36,42H2,1-2H3,(H,47,48)/b12-11-,15-14-,18-17-,25-21-/t37-,38-,39-/m1/s1. The minimum absolute atomic E-state index is 0.0227. The Bertz CT molecular complexity index is 1050. The summed E-state index contributed by atoms with van der Waals surface area (Å²) in [5.74, 6) is -0.990. The first-order chi connectivity index (χ1) is 25.6. The molecule has 5 N–H and O–H groups in total. The molecule has 0 aromatic heterocycles. The zero-order valence-corrected chi connectivity index (χ0v) is 33.9. The summed E-state index contributed by atoms with van der Waals surface area (Å²) in [7, 11) is -4.42. The summed E-state index contributed by atoms with van der Waals surface area (Å²) < 4.78 is 32.6. The Labute approximate surface area is 321 Å². The van der Waals surface area contributed by atoms with Crippen LogP contribution in [0, 0.1) is 0 Å². The SMILES string of the molecule is CCCCC/C=C\C/C=C\C/C=C\CCCCC(=O)O[C@H](COC(=O)CCCCCCC[C@@H](O)[C@H](O)C/C=C\CCCCC)COP(=O)(O)OCCN. The molecule has 0 amide bonds. The molecule has 0 spiro atoms. The summed E-state index contributed by atoms with van der Waals surface area (Å²) in [6.45, 7) is 3.40. The number of hydrogen-bond donors (Lipinski definition) is 4. The fourth-order valence-corrected chi connectivity index (χ4v) is 5.96. The molecule has 0 aliphatic rings. The van der Waals surface area contributed by atoms with Crippen LogP contribution in [0.25, 0.3) is 0 Å². The molecule has 0 saturated heterocycles. The molecular formula is C41H74NO10P. The van der Waals surface area contributed by atoms with Gasteiger partial charge in [0.2, 0.25) is 0 Å². The number of carbonyl (C=O) groups excluding carboxylic acids is 2. The average Bonchev–Trinajstić information content (AvgIpc) is 3.14. The van der Waals surface area contributed by atoms with Crippen LogP contribution in [0.5, 0.6) is 0 Å². The van der Waals surface area contributed by atoms with Crippen molar-refractivity contribution in [1.82, 2.24) is 0 Å². The minimum Gasteiger partial charge on any atom is -0.462 e. The summed E-state index contributed by atoms with van der Waals surface area (Å²) in [4.78, 5) is 34.8. The van der Waals surface area contributed by atoms with Crippen LogP contribution in [0.1, 0.15) is 155 Å². The third kappa shape index (κ3) is 35.4. The van der Waals surface area contributed by atoms with E-state index in [1.54, 1.807) is 0 Å². The Morgan fingerprint density at radius 2 is 1.17 bits per heavy atom. The van der Waals surface area contributed by atoms with Crippen LogP contribution in [-0.4, -0.2) is 71.7 Å². The lowest BCUT2D eigenvalue weighted by molar-refractivity contribution is -0.161. The summed E-state index contributed by atoms with van der Waals surface area (Å²) in [6.07, 6.45) is 33.1. The van der Waals surface area contributed by atoms with Gasteiger partial charge in [-0.15, -0.1) is 0 Å². The van der Waals surface area contributed by atoms with E-state index < -0.39 is 44.7 Å². The molecule has 308 valence electrons.